The minimum Gasteiger partial charge on any atom is -0.311 e. The highest BCUT2D eigenvalue weighted by molar-refractivity contribution is 7.89. The first-order valence-electron chi connectivity index (χ1n) is 8.93. The maximum Gasteiger partial charge on any atom is 0.334 e. The van der Waals surface area contributed by atoms with Crippen molar-refractivity contribution in [3.63, 3.8) is 0 Å². The van der Waals surface area contributed by atoms with Gasteiger partial charge in [-0.3, -0.25) is 0 Å². The molecule has 0 bridgehead atoms. The van der Waals surface area contributed by atoms with Crippen LogP contribution in [-0.2, 0) is 16.6 Å². The molecule has 2 aliphatic heterocycles. The Morgan fingerprint density at radius 1 is 1.08 bits per heavy atom. The standard InChI is InChI=1S/C18H26N2O3S/c1-2-3-4-5-6-9-12-20-18(21)19-13-15-10-7-8-11-16(15)17(19)14-24(20,22)23/h7-8,10-11,17H,2-6,9,12-14H2,1H3. The number of benzene rings is 1. The van der Waals surface area contributed by atoms with Gasteiger partial charge in [-0.2, -0.15) is 0 Å². The van der Waals surface area contributed by atoms with E-state index >= 15 is 0 Å². The van der Waals surface area contributed by atoms with E-state index in [4.69, 9.17) is 0 Å². The second-order valence-corrected chi connectivity index (χ2v) is 8.68. The number of nitrogens with zero attached hydrogens (tertiary/aromatic N) is 2. The Balaban J connectivity index is 1.65. The van der Waals surface area contributed by atoms with Crippen molar-refractivity contribution in [2.45, 2.75) is 58.0 Å². The van der Waals surface area contributed by atoms with Gasteiger partial charge in [0.2, 0.25) is 10.0 Å². The molecule has 0 saturated carbocycles. The van der Waals surface area contributed by atoms with Crippen LogP contribution in [0.15, 0.2) is 24.3 Å². The number of hydrogen-bond acceptors (Lipinski definition) is 3. The lowest BCUT2D eigenvalue weighted by Gasteiger charge is -2.37. The molecule has 2 aliphatic rings. The van der Waals surface area contributed by atoms with Gasteiger partial charge in [0.15, 0.2) is 0 Å². The Bertz CT molecular complexity index is 702. The number of urea groups is 1. The van der Waals surface area contributed by atoms with E-state index in [1.807, 2.05) is 24.3 Å². The normalized spacial score (nSPS) is 21.7. The van der Waals surface area contributed by atoms with Crippen LogP contribution in [-0.4, -0.2) is 36.0 Å². The van der Waals surface area contributed by atoms with E-state index in [1.165, 1.54) is 19.3 Å². The smallest absolute Gasteiger partial charge is 0.311 e. The summed E-state index contributed by atoms with van der Waals surface area (Å²) in [5.41, 5.74) is 2.04. The van der Waals surface area contributed by atoms with Gasteiger partial charge in [0, 0.05) is 13.1 Å². The summed E-state index contributed by atoms with van der Waals surface area (Å²) in [6, 6.07) is 7.08. The number of sulfonamides is 1. The van der Waals surface area contributed by atoms with Crippen LogP contribution in [0, 0.1) is 0 Å². The molecule has 1 aromatic carbocycles. The van der Waals surface area contributed by atoms with Crippen molar-refractivity contribution >= 4 is 16.1 Å². The average molecular weight is 350 g/mol. The lowest BCUT2D eigenvalue weighted by Crippen LogP contribution is -2.53. The van der Waals surface area contributed by atoms with Gasteiger partial charge in [-0.15, -0.1) is 0 Å². The molecule has 1 fully saturated rings. The molecule has 0 aromatic heterocycles. The summed E-state index contributed by atoms with van der Waals surface area (Å²) < 4.78 is 26.3. The fourth-order valence-electron chi connectivity index (χ4n) is 3.67. The minimum absolute atomic E-state index is 0.00554. The predicted molar refractivity (Wildman–Crippen MR) is 94.0 cm³/mol. The number of fused-ring (bicyclic) bond motifs is 3. The summed E-state index contributed by atoms with van der Waals surface area (Å²) in [7, 11) is -3.52. The van der Waals surface area contributed by atoms with Crippen molar-refractivity contribution in [1.29, 1.82) is 0 Å². The van der Waals surface area contributed by atoms with E-state index in [9.17, 15) is 13.2 Å². The quantitative estimate of drug-likeness (QED) is 0.705. The Hall–Kier alpha value is -1.56. The molecule has 2 amide bonds. The molecule has 1 aromatic rings. The Kier molecular flexibility index (Phi) is 5.13. The predicted octanol–water partition coefficient (Wildman–Crippen LogP) is 3.67. The number of carbonyl (C=O) groups excluding carboxylic acids is 1. The van der Waals surface area contributed by atoms with Crippen molar-refractivity contribution in [1.82, 2.24) is 9.21 Å². The van der Waals surface area contributed by atoms with Gasteiger partial charge >= 0.3 is 6.03 Å². The molecule has 0 aliphatic carbocycles. The van der Waals surface area contributed by atoms with Crippen molar-refractivity contribution in [2.24, 2.45) is 0 Å². The maximum absolute atomic E-state index is 12.7. The molecule has 0 spiro atoms. The van der Waals surface area contributed by atoms with Crippen LogP contribution in [0.1, 0.15) is 62.6 Å². The fraction of sp³-hybridized carbons (Fsp3) is 0.611. The van der Waals surface area contributed by atoms with Crippen molar-refractivity contribution in [3.8, 4) is 0 Å². The lowest BCUT2D eigenvalue weighted by molar-refractivity contribution is 0.156. The third-order valence-corrected chi connectivity index (χ3v) is 6.76. The molecule has 6 heteroatoms. The zero-order valence-corrected chi connectivity index (χ0v) is 15.1. The Labute approximate surface area is 144 Å². The first kappa shape index (κ1) is 17.3. The second kappa shape index (κ2) is 7.13. The van der Waals surface area contributed by atoms with Crippen LogP contribution in [0.3, 0.4) is 0 Å². The van der Waals surface area contributed by atoms with Crippen LogP contribution in [0.25, 0.3) is 0 Å². The van der Waals surface area contributed by atoms with Gasteiger partial charge in [-0.25, -0.2) is 17.5 Å². The average Bonchev–Trinajstić information content (AvgIpc) is 2.91. The number of amides is 2. The third kappa shape index (κ3) is 3.29. The van der Waals surface area contributed by atoms with Crippen LogP contribution in [0.4, 0.5) is 4.79 Å². The van der Waals surface area contributed by atoms with E-state index in [1.54, 1.807) is 4.90 Å². The van der Waals surface area contributed by atoms with E-state index in [0.29, 0.717) is 13.1 Å². The van der Waals surface area contributed by atoms with Crippen molar-refractivity contribution in [3.05, 3.63) is 35.4 Å². The van der Waals surface area contributed by atoms with Gasteiger partial charge in [0.1, 0.15) is 0 Å². The highest BCUT2D eigenvalue weighted by atomic mass is 32.2. The highest BCUT2D eigenvalue weighted by Crippen LogP contribution is 2.39. The van der Waals surface area contributed by atoms with Crippen LogP contribution < -0.4 is 0 Å². The molecule has 1 atom stereocenters. The SMILES string of the molecule is CCCCCCCCN1C(=O)N2Cc3ccccc3C2CS1(=O)=O. The summed E-state index contributed by atoms with van der Waals surface area (Å²) in [6.45, 7) is 3.00. The van der Waals surface area contributed by atoms with Gasteiger partial charge < -0.3 is 4.90 Å². The summed E-state index contributed by atoms with van der Waals surface area (Å²) in [4.78, 5) is 14.4. The number of rotatable bonds is 7. The monoisotopic (exact) mass is 350 g/mol. The number of carbonyl (C=O) groups is 1. The summed E-state index contributed by atoms with van der Waals surface area (Å²) >= 11 is 0. The largest absolute Gasteiger partial charge is 0.334 e. The number of unbranched alkanes of at least 4 members (excludes halogenated alkanes) is 5. The molecule has 5 nitrogen and oxygen atoms in total. The van der Waals surface area contributed by atoms with Gasteiger partial charge in [0.05, 0.1) is 11.8 Å². The lowest BCUT2D eigenvalue weighted by atomic mass is 10.1. The van der Waals surface area contributed by atoms with Gasteiger partial charge in [-0.05, 0) is 17.5 Å². The summed E-state index contributed by atoms with van der Waals surface area (Å²) in [5, 5.41) is 0. The van der Waals surface area contributed by atoms with Crippen LogP contribution in [0.5, 0.6) is 0 Å². The molecule has 24 heavy (non-hydrogen) atoms. The topological polar surface area (TPSA) is 57.7 Å². The first-order valence-corrected chi connectivity index (χ1v) is 10.5. The molecular formula is C18H26N2O3S. The van der Waals surface area contributed by atoms with Crippen LogP contribution >= 0.6 is 0 Å². The highest BCUT2D eigenvalue weighted by Gasteiger charge is 2.46. The minimum atomic E-state index is -3.52. The van der Waals surface area contributed by atoms with Gasteiger partial charge in [0.25, 0.3) is 0 Å². The van der Waals surface area contributed by atoms with E-state index in [0.717, 1.165) is 34.7 Å². The zero-order valence-electron chi connectivity index (χ0n) is 14.3. The van der Waals surface area contributed by atoms with Crippen molar-refractivity contribution < 1.29 is 13.2 Å². The van der Waals surface area contributed by atoms with Gasteiger partial charge in [-0.1, -0.05) is 63.3 Å². The molecule has 0 radical (unpaired) electrons. The Morgan fingerprint density at radius 2 is 1.79 bits per heavy atom. The fourth-order valence-corrected chi connectivity index (χ4v) is 5.36. The molecule has 1 unspecified atom stereocenters. The maximum atomic E-state index is 12.7. The molecule has 3 rings (SSSR count). The second-order valence-electron chi connectivity index (χ2n) is 6.74. The Morgan fingerprint density at radius 3 is 2.58 bits per heavy atom. The van der Waals surface area contributed by atoms with Crippen LogP contribution in [0.2, 0.25) is 0 Å². The van der Waals surface area contributed by atoms with E-state index in [-0.39, 0.29) is 17.8 Å². The van der Waals surface area contributed by atoms with Crippen molar-refractivity contribution in [2.75, 3.05) is 12.3 Å². The third-order valence-electron chi connectivity index (χ3n) is 5.01. The number of hydrogen-bond donors (Lipinski definition) is 0. The molecule has 1 saturated heterocycles. The molecule has 2 heterocycles. The first-order chi connectivity index (χ1) is 11.5. The van der Waals surface area contributed by atoms with E-state index in [2.05, 4.69) is 6.92 Å². The molecule has 0 N–H and O–H groups in total. The molecular weight excluding hydrogens is 324 g/mol. The summed E-state index contributed by atoms with van der Waals surface area (Å²) in [5.74, 6) is 0.00554. The zero-order chi connectivity index (χ0) is 17.2. The molecule has 132 valence electrons. The summed E-state index contributed by atoms with van der Waals surface area (Å²) in [6.07, 6.45) is 6.42. The van der Waals surface area contributed by atoms with E-state index < -0.39 is 10.0 Å².